The third-order valence-corrected chi connectivity index (χ3v) is 4.80. The predicted molar refractivity (Wildman–Crippen MR) is 109 cm³/mol. The molecule has 2 aromatic carbocycles. The number of carbonyl (C=O) groups excluding carboxylic acids is 2. The first-order valence-electron chi connectivity index (χ1n) is 8.71. The summed E-state index contributed by atoms with van der Waals surface area (Å²) in [4.78, 5) is 25.0. The van der Waals surface area contributed by atoms with Gasteiger partial charge in [-0.15, -0.1) is 12.4 Å². The van der Waals surface area contributed by atoms with Crippen LogP contribution in [0.5, 0.6) is 0 Å². The Hall–Kier alpha value is -2.08. The molecule has 3 N–H and O–H groups in total. The van der Waals surface area contributed by atoms with Gasteiger partial charge < -0.3 is 16.0 Å². The molecule has 0 spiro atoms. The van der Waals surface area contributed by atoms with Crippen molar-refractivity contribution in [1.82, 2.24) is 16.0 Å². The highest BCUT2D eigenvalue weighted by Crippen LogP contribution is 2.20. The van der Waals surface area contributed by atoms with Crippen molar-refractivity contribution < 1.29 is 9.59 Å². The van der Waals surface area contributed by atoms with Crippen molar-refractivity contribution in [2.24, 2.45) is 5.92 Å². The van der Waals surface area contributed by atoms with E-state index in [0.29, 0.717) is 23.0 Å². The molecular weight excluding hydrogens is 385 g/mol. The summed E-state index contributed by atoms with van der Waals surface area (Å²) >= 11 is 6.12. The van der Waals surface area contributed by atoms with Crippen LogP contribution in [0.15, 0.2) is 54.6 Å². The van der Waals surface area contributed by atoms with Crippen LogP contribution in [-0.4, -0.2) is 31.4 Å². The molecule has 0 aromatic heterocycles. The number of hydrogen-bond acceptors (Lipinski definition) is 3. The molecule has 0 saturated carbocycles. The molecule has 1 atom stereocenters. The lowest BCUT2D eigenvalue weighted by Gasteiger charge is -2.27. The normalized spacial score (nSPS) is 14.4. The zero-order valence-corrected chi connectivity index (χ0v) is 16.4. The molecule has 1 heterocycles. The molecule has 0 aliphatic carbocycles. The Bertz CT molecular complexity index is 767. The first kappa shape index (κ1) is 21.2. The molecule has 144 valence electrons. The van der Waals surface area contributed by atoms with E-state index in [1.165, 1.54) is 0 Å². The summed E-state index contributed by atoms with van der Waals surface area (Å²) in [7, 11) is 0. The summed E-state index contributed by atoms with van der Waals surface area (Å²) in [6.07, 6.45) is 0.181. The van der Waals surface area contributed by atoms with E-state index in [4.69, 9.17) is 11.6 Å². The highest BCUT2D eigenvalue weighted by molar-refractivity contribution is 6.33. The fraction of sp³-hybridized carbons (Fsp3) is 0.300. The summed E-state index contributed by atoms with van der Waals surface area (Å²) in [5, 5.41) is 9.46. The number of halogens is 2. The highest BCUT2D eigenvalue weighted by atomic mass is 35.5. The number of nitrogens with one attached hydrogen (secondary N) is 3. The van der Waals surface area contributed by atoms with Crippen LogP contribution in [0.4, 0.5) is 0 Å². The van der Waals surface area contributed by atoms with Gasteiger partial charge in [0.05, 0.1) is 23.0 Å². The summed E-state index contributed by atoms with van der Waals surface area (Å²) < 4.78 is 0. The Morgan fingerprint density at radius 2 is 1.74 bits per heavy atom. The van der Waals surface area contributed by atoms with E-state index in [9.17, 15) is 9.59 Å². The van der Waals surface area contributed by atoms with Crippen molar-refractivity contribution in [3.8, 4) is 0 Å². The summed E-state index contributed by atoms with van der Waals surface area (Å²) in [6.45, 7) is 2.53. The van der Waals surface area contributed by atoms with E-state index in [1.807, 2.05) is 30.3 Å². The Balaban J connectivity index is 0.00000261. The topological polar surface area (TPSA) is 70.2 Å². The molecule has 1 aliphatic heterocycles. The van der Waals surface area contributed by atoms with Gasteiger partial charge in [-0.2, -0.15) is 0 Å². The number of rotatable bonds is 7. The molecule has 5 nitrogen and oxygen atoms in total. The second kappa shape index (κ2) is 10.3. The summed E-state index contributed by atoms with van der Waals surface area (Å²) in [5.41, 5.74) is 1.28. The summed E-state index contributed by atoms with van der Waals surface area (Å²) in [6, 6.07) is 16.0. The van der Waals surface area contributed by atoms with Gasteiger partial charge >= 0.3 is 0 Å². The number of amides is 2. The van der Waals surface area contributed by atoms with Crippen molar-refractivity contribution in [1.29, 1.82) is 0 Å². The third kappa shape index (κ3) is 5.96. The fourth-order valence-corrected chi connectivity index (χ4v) is 3.05. The van der Waals surface area contributed by atoms with Crippen molar-refractivity contribution in [3.05, 3.63) is 70.7 Å². The van der Waals surface area contributed by atoms with E-state index >= 15 is 0 Å². The molecular formula is C20H23Cl2N3O2. The average Bonchev–Trinajstić information content (AvgIpc) is 2.61. The van der Waals surface area contributed by atoms with Crippen LogP contribution >= 0.6 is 24.0 Å². The lowest BCUT2D eigenvalue weighted by Crippen LogP contribution is -2.48. The monoisotopic (exact) mass is 407 g/mol. The molecule has 0 radical (unpaired) electrons. The predicted octanol–water partition coefficient (Wildman–Crippen LogP) is 2.96. The van der Waals surface area contributed by atoms with Gasteiger partial charge in [0, 0.05) is 25.6 Å². The van der Waals surface area contributed by atoms with Gasteiger partial charge in [-0.3, -0.25) is 9.59 Å². The van der Waals surface area contributed by atoms with E-state index in [2.05, 4.69) is 16.0 Å². The van der Waals surface area contributed by atoms with Gasteiger partial charge in [-0.25, -0.2) is 0 Å². The van der Waals surface area contributed by atoms with E-state index < -0.39 is 6.04 Å². The zero-order chi connectivity index (χ0) is 18.4. The maximum absolute atomic E-state index is 12.6. The van der Waals surface area contributed by atoms with Crippen LogP contribution in [0.2, 0.25) is 5.02 Å². The van der Waals surface area contributed by atoms with Gasteiger partial charge in [0.15, 0.2) is 0 Å². The average molecular weight is 408 g/mol. The third-order valence-electron chi connectivity index (χ3n) is 4.47. The van der Waals surface area contributed by atoms with Crippen molar-refractivity contribution >= 4 is 35.8 Å². The van der Waals surface area contributed by atoms with Gasteiger partial charge in [-0.1, -0.05) is 54.1 Å². The maximum atomic E-state index is 12.6. The second-order valence-electron chi connectivity index (χ2n) is 6.45. The van der Waals surface area contributed by atoms with Crippen molar-refractivity contribution in [2.45, 2.75) is 12.5 Å². The van der Waals surface area contributed by atoms with Crippen LogP contribution in [0, 0.1) is 5.92 Å². The zero-order valence-electron chi connectivity index (χ0n) is 14.8. The van der Waals surface area contributed by atoms with Crippen molar-refractivity contribution in [2.75, 3.05) is 19.6 Å². The lowest BCUT2D eigenvalue weighted by atomic mass is 10.0. The molecule has 27 heavy (non-hydrogen) atoms. The highest BCUT2D eigenvalue weighted by Gasteiger charge is 2.22. The maximum Gasteiger partial charge on any atom is 0.253 e. The van der Waals surface area contributed by atoms with E-state index in [1.54, 1.807) is 24.3 Å². The van der Waals surface area contributed by atoms with Gasteiger partial charge in [-0.05, 0) is 17.7 Å². The van der Waals surface area contributed by atoms with Crippen LogP contribution in [-0.2, 0) is 4.79 Å². The minimum absolute atomic E-state index is 0. The van der Waals surface area contributed by atoms with E-state index in [-0.39, 0.29) is 30.6 Å². The van der Waals surface area contributed by atoms with Crippen LogP contribution in [0.25, 0.3) is 0 Å². The number of hydrogen-bond donors (Lipinski definition) is 3. The van der Waals surface area contributed by atoms with Crippen LogP contribution in [0.1, 0.15) is 28.4 Å². The minimum atomic E-state index is -0.417. The molecule has 7 heteroatoms. The number of carbonyl (C=O) groups is 2. The smallest absolute Gasteiger partial charge is 0.253 e. The number of benzene rings is 2. The van der Waals surface area contributed by atoms with Gasteiger partial charge in [0.25, 0.3) is 5.91 Å². The van der Waals surface area contributed by atoms with Crippen LogP contribution in [0.3, 0.4) is 0 Å². The molecule has 3 rings (SSSR count). The fourth-order valence-electron chi connectivity index (χ4n) is 2.83. The van der Waals surface area contributed by atoms with Gasteiger partial charge in [0.1, 0.15) is 0 Å². The largest absolute Gasteiger partial charge is 0.356 e. The standard InChI is InChI=1S/C20H22ClN3O2.ClH/c21-17-9-5-4-8-16(17)20(26)24-18(15-6-2-1-3-7-15)10-19(25)23-13-14-11-22-12-14;/h1-9,14,18,22H,10-13H2,(H,23,25)(H,24,26);1H. The molecule has 2 aromatic rings. The minimum Gasteiger partial charge on any atom is -0.356 e. The van der Waals surface area contributed by atoms with E-state index in [0.717, 1.165) is 18.7 Å². The quantitative estimate of drug-likeness (QED) is 0.660. The van der Waals surface area contributed by atoms with Crippen LogP contribution < -0.4 is 16.0 Å². The SMILES string of the molecule is Cl.O=C(CC(NC(=O)c1ccccc1Cl)c1ccccc1)NCC1CNC1. The molecule has 2 amide bonds. The Morgan fingerprint density at radius 1 is 1.07 bits per heavy atom. The molecule has 1 saturated heterocycles. The van der Waals surface area contributed by atoms with Gasteiger partial charge in [0.2, 0.25) is 5.91 Å². The molecule has 1 unspecified atom stereocenters. The Labute approximate surface area is 170 Å². The molecule has 1 aliphatic rings. The van der Waals surface area contributed by atoms with Crippen molar-refractivity contribution in [3.63, 3.8) is 0 Å². The first-order valence-corrected chi connectivity index (χ1v) is 9.09. The Morgan fingerprint density at radius 3 is 2.37 bits per heavy atom. The Kier molecular flexibility index (Phi) is 8.10. The summed E-state index contributed by atoms with van der Waals surface area (Å²) in [5.74, 6) is 0.123. The second-order valence-corrected chi connectivity index (χ2v) is 6.86. The molecule has 1 fully saturated rings. The molecule has 0 bridgehead atoms. The lowest BCUT2D eigenvalue weighted by molar-refractivity contribution is -0.121. The first-order chi connectivity index (χ1) is 12.6.